The highest BCUT2D eigenvalue weighted by Crippen LogP contribution is 2.23. The first kappa shape index (κ1) is 13.5. The van der Waals surface area contributed by atoms with Crippen molar-refractivity contribution >= 4 is 27.5 Å². The maximum absolute atomic E-state index is 12.4. The normalized spacial score (nSPS) is 10.1. The number of carbonyl (C=O) groups excluding carboxylic acids is 1. The molecule has 0 atom stereocenters. The van der Waals surface area contributed by atoms with Gasteiger partial charge >= 0.3 is 0 Å². The molecule has 98 valence electrons. The number of nitrogens with zero attached hydrogens (tertiary/aromatic N) is 2. The first-order valence-electron chi connectivity index (χ1n) is 5.66. The highest BCUT2D eigenvalue weighted by Gasteiger charge is 2.17. The SMILES string of the molecule is COc1cccc(N(C)C(=O)c2ncccc2Br)c1. The predicted molar refractivity (Wildman–Crippen MR) is 77.7 cm³/mol. The van der Waals surface area contributed by atoms with E-state index in [1.807, 2.05) is 18.2 Å². The van der Waals surface area contributed by atoms with Crippen LogP contribution in [0.1, 0.15) is 10.5 Å². The molecule has 5 heteroatoms. The number of carbonyl (C=O) groups is 1. The molecule has 0 aliphatic heterocycles. The molecule has 0 aliphatic carbocycles. The van der Waals surface area contributed by atoms with Crippen molar-refractivity contribution in [2.75, 3.05) is 19.1 Å². The summed E-state index contributed by atoms with van der Waals surface area (Å²) in [6, 6.07) is 10.9. The molecule has 0 unspecified atom stereocenters. The number of rotatable bonds is 3. The van der Waals surface area contributed by atoms with E-state index in [1.54, 1.807) is 38.6 Å². The number of ether oxygens (including phenoxy) is 1. The Hall–Kier alpha value is -1.88. The monoisotopic (exact) mass is 320 g/mol. The summed E-state index contributed by atoms with van der Waals surface area (Å²) in [6.07, 6.45) is 1.59. The Labute approximate surface area is 120 Å². The van der Waals surface area contributed by atoms with Crippen LogP contribution in [0.5, 0.6) is 5.75 Å². The fourth-order valence-corrected chi connectivity index (χ4v) is 2.06. The van der Waals surface area contributed by atoms with Crippen molar-refractivity contribution in [1.82, 2.24) is 4.98 Å². The lowest BCUT2D eigenvalue weighted by atomic mass is 10.2. The number of hydrogen-bond donors (Lipinski definition) is 0. The summed E-state index contributed by atoms with van der Waals surface area (Å²) in [4.78, 5) is 18.0. The molecule has 1 amide bonds. The Morgan fingerprint density at radius 2 is 2.11 bits per heavy atom. The van der Waals surface area contributed by atoms with E-state index in [0.717, 1.165) is 5.69 Å². The number of anilines is 1. The van der Waals surface area contributed by atoms with Crippen LogP contribution in [0.3, 0.4) is 0 Å². The standard InChI is InChI=1S/C14H13BrN2O2/c1-17(10-5-3-6-11(9-10)19-2)14(18)13-12(15)7-4-8-16-13/h3-9H,1-2H3. The van der Waals surface area contributed by atoms with Crippen molar-refractivity contribution < 1.29 is 9.53 Å². The Balaban J connectivity index is 2.31. The second-order valence-corrected chi connectivity index (χ2v) is 4.75. The summed E-state index contributed by atoms with van der Waals surface area (Å²) in [5.41, 5.74) is 1.13. The van der Waals surface area contributed by atoms with Gasteiger partial charge in [0.1, 0.15) is 11.4 Å². The number of aromatic nitrogens is 1. The highest BCUT2D eigenvalue weighted by atomic mass is 79.9. The molecule has 1 heterocycles. The summed E-state index contributed by atoms with van der Waals surface area (Å²) in [5.74, 6) is 0.526. The Kier molecular flexibility index (Phi) is 4.16. The van der Waals surface area contributed by atoms with E-state index in [1.165, 1.54) is 4.90 Å². The zero-order chi connectivity index (χ0) is 13.8. The summed E-state index contributed by atoms with van der Waals surface area (Å²) in [5, 5.41) is 0. The summed E-state index contributed by atoms with van der Waals surface area (Å²) in [7, 11) is 3.30. The highest BCUT2D eigenvalue weighted by molar-refractivity contribution is 9.10. The molecule has 2 aromatic rings. The fourth-order valence-electron chi connectivity index (χ4n) is 1.64. The van der Waals surface area contributed by atoms with Crippen LogP contribution in [0.25, 0.3) is 0 Å². The maximum atomic E-state index is 12.4. The fraction of sp³-hybridized carbons (Fsp3) is 0.143. The molecule has 0 radical (unpaired) electrons. The third-order valence-electron chi connectivity index (χ3n) is 2.71. The molecular formula is C14H13BrN2O2. The first-order chi connectivity index (χ1) is 9.13. The molecule has 0 saturated carbocycles. The molecule has 0 spiro atoms. The lowest BCUT2D eigenvalue weighted by Gasteiger charge is -2.18. The molecule has 0 bridgehead atoms. The number of amides is 1. The number of halogens is 1. The van der Waals surface area contributed by atoms with Gasteiger partial charge in [-0.15, -0.1) is 0 Å². The van der Waals surface area contributed by atoms with Crippen LogP contribution >= 0.6 is 15.9 Å². The second-order valence-electron chi connectivity index (χ2n) is 3.90. The molecule has 2 rings (SSSR count). The van der Waals surface area contributed by atoms with E-state index >= 15 is 0 Å². The molecule has 0 N–H and O–H groups in total. The van der Waals surface area contributed by atoms with Gasteiger partial charge in [0, 0.05) is 29.5 Å². The topological polar surface area (TPSA) is 42.4 Å². The lowest BCUT2D eigenvalue weighted by Crippen LogP contribution is -2.27. The van der Waals surface area contributed by atoms with E-state index in [4.69, 9.17) is 4.74 Å². The van der Waals surface area contributed by atoms with E-state index < -0.39 is 0 Å². The Bertz CT molecular complexity index is 602. The quantitative estimate of drug-likeness (QED) is 0.872. The van der Waals surface area contributed by atoms with E-state index in [-0.39, 0.29) is 5.91 Å². The molecule has 4 nitrogen and oxygen atoms in total. The van der Waals surface area contributed by atoms with Crippen LogP contribution in [0.15, 0.2) is 47.1 Å². The van der Waals surface area contributed by atoms with Crippen molar-refractivity contribution in [3.63, 3.8) is 0 Å². The van der Waals surface area contributed by atoms with E-state index in [9.17, 15) is 4.79 Å². The van der Waals surface area contributed by atoms with Gasteiger partial charge in [0.2, 0.25) is 0 Å². The van der Waals surface area contributed by atoms with Gasteiger partial charge in [0.15, 0.2) is 0 Å². The van der Waals surface area contributed by atoms with Gasteiger partial charge in [-0.2, -0.15) is 0 Å². The second kappa shape index (κ2) is 5.84. The van der Waals surface area contributed by atoms with Crippen molar-refractivity contribution in [3.05, 3.63) is 52.8 Å². The van der Waals surface area contributed by atoms with Crippen molar-refractivity contribution in [1.29, 1.82) is 0 Å². The minimum Gasteiger partial charge on any atom is -0.497 e. The number of methoxy groups -OCH3 is 1. The number of hydrogen-bond acceptors (Lipinski definition) is 3. The molecule has 0 fully saturated rings. The van der Waals surface area contributed by atoms with Gasteiger partial charge < -0.3 is 9.64 Å². The molecule has 1 aromatic heterocycles. The van der Waals surface area contributed by atoms with Crippen LogP contribution in [-0.4, -0.2) is 25.0 Å². The molecule has 19 heavy (non-hydrogen) atoms. The van der Waals surface area contributed by atoms with Crippen LogP contribution in [0.2, 0.25) is 0 Å². The predicted octanol–water partition coefficient (Wildman–Crippen LogP) is 3.13. The zero-order valence-corrected chi connectivity index (χ0v) is 12.2. The van der Waals surface area contributed by atoms with Gasteiger partial charge in [-0.1, -0.05) is 6.07 Å². The summed E-state index contributed by atoms with van der Waals surface area (Å²) in [6.45, 7) is 0. The largest absolute Gasteiger partial charge is 0.497 e. The average Bonchev–Trinajstić information content (AvgIpc) is 2.46. The van der Waals surface area contributed by atoms with E-state index in [2.05, 4.69) is 20.9 Å². The van der Waals surface area contributed by atoms with Gasteiger partial charge in [0.25, 0.3) is 5.91 Å². The molecule has 0 saturated heterocycles. The minimum absolute atomic E-state index is 0.180. The van der Waals surface area contributed by atoms with Gasteiger partial charge in [-0.25, -0.2) is 4.98 Å². The van der Waals surface area contributed by atoms with Crippen LogP contribution in [-0.2, 0) is 0 Å². The van der Waals surface area contributed by atoms with Crippen molar-refractivity contribution in [3.8, 4) is 5.75 Å². The molecule has 1 aromatic carbocycles. The molecule has 0 aliphatic rings. The summed E-state index contributed by atoms with van der Waals surface area (Å²) >= 11 is 3.33. The van der Waals surface area contributed by atoms with Crippen molar-refractivity contribution in [2.24, 2.45) is 0 Å². The van der Waals surface area contributed by atoms with Crippen LogP contribution < -0.4 is 9.64 Å². The Morgan fingerprint density at radius 3 is 2.79 bits per heavy atom. The number of benzene rings is 1. The van der Waals surface area contributed by atoms with Gasteiger partial charge in [-0.05, 0) is 40.2 Å². The minimum atomic E-state index is -0.180. The van der Waals surface area contributed by atoms with Crippen molar-refractivity contribution in [2.45, 2.75) is 0 Å². The average molecular weight is 321 g/mol. The van der Waals surface area contributed by atoms with E-state index in [0.29, 0.717) is 15.9 Å². The first-order valence-corrected chi connectivity index (χ1v) is 6.45. The number of pyridine rings is 1. The van der Waals surface area contributed by atoms with Gasteiger partial charge in [-0.3, -0.25) is 4.79 Å². The lowest BCUT2D eigenvalue weighted by molar-refractivity contribution is 0.0987. The summed E-state index contributed by atoms with van der Waals surface area (Å²) < 4.78 is 5.83. The zero-order valence-electron chi connectivity index (χ0n) is 10.6. The molecular weight excluding hydrogens is 308 g/mol. The van der Waals surface area contributed by atoms with Gasteiger partial charge in [0.05, 0.1) is 7.11 Å². The third kappa shape index (κ3) is 2.93. The smallest absolute Gasteiger partial charge is 0.277 e. The van der Waals surface area contributed by atoms with Crippen LogP contribution in [0, 0.1) is 0 Å². The third-order valence-corrected chi connectivity index (χ3v) is 3.35. The maximum Gasteiger partial charge on any atom is 0.277 e. The van der Waals surface area contributed by atoms with Crippen LogP contribution in [0.4, 0.5) is 5.69 Å². The Morgan fingerprint density at radius 1 is 1.32 bits per heavy atom.